The maximum Gasteiger partial charge on any atom is 0.426 e. The number of alkyl halides is 3. The number of halogens is 5. The molecule has 0 fully saturated rings. The van der Waals surface area contributed by atoms with Gasteiger partial charge in [-0.3, -0.25) is 4.79 Å². The van der Waals surface area contributed by atoms with Crippen molar-refractivity contribution in [3.63, 3.8) is 0 Å². The van der Waals surface area contributed by atoms with Gasteiger partial charge in [0.2, 0.25) is 15.6 Å². The highest BCUT2D eigenvalue weighted by molar-refractivity contribution is 7.89. The second-order valence-electron chi connectivity index (χ2n) is 5.46. The lowest BCUT2D eigenvalue weighted by atomic mass is 10.1. The standard InChI is InChI=1S/C13H15Cl2F3N2O5S/c1-6(21)5-19-26(24,25)8-4-3-7(9(14)10(8)15)20-11(22)12(2,23)13(16,17)18/h3-4,6,19,21,23H,5H2,1-2H3,(H,20,22). The molecule has 0 saturated heterocycles. The predicted octanol–water partition coefficient (Wildman–Crippen LogP) is 1.90. The first-order chi connectivity index (χ1) is 11.6. The lowest BCUT2D eigenvalue weighted by Crippen LogP contribution is -2.52. The largest absolute Gasteiger partial charge is 0.426 e. The van der Waals surface area contributed by atoms with Gasteiger partial charge in [-0.1, -0.05) is 23.2 Å². The normalized spacial score (nSPS) is 16.0. The fourth-order valence-electron chi connectivity index (χ4n) is 1.52. The van der Waals surface area contributed by atoms with Crippen LogP contribution in [0.5, 0.6) is 0 Å². The molecule has 13 heteroatoms. The van der Waals surface area contributed by atoms with Gasteiger partial charge in [-0.15, -0.1) is 0 Å². The van der Waals surface area contributed by atoms with Crippen molar-refractivity contribution in [3.05, 3.63) is 22.2 Å². The van der Waals surface area contributed by atoms with E-state index in [-0.39, 0.29) is 13.5 Å². The first kappa shape index (κ1) is 22.9. The van der Waals surface area contributed by atoms with Crippen LogP contribution in [0.25, 0.3) is 0 Å². The molecule has 0 saturated carbocycles. The molecule has 0 aromatic heterocycles. The van der Waals surface area contributed by atoms with Crippen LogP contribution in [-0.2, 0) is 14.8 Å². The zero-order chi connectivity index (χ0) is 20.5. The molecule has 1 rings (SSSR count). The smallest absolute Gasteiger partial charge is 0.392 e. The molecule has 2 atom stereocenters. The van der Waals surface area contributed by atoms with Crippen LogP contribution in [0.2, 0.25) is 10.0 Å². The number of aliphatic hydroxyl groups excluding tert-OH is 1. The summed E-state index contributed by atoms with van der Waals surface area (Å²) >= 11 is 11.7. The van der Waals surface area contributed by atoms with Crippen LogP contribution < -0.4 is 10.0 Å². The fraction of sp³-hybridized carbons (Fsp3) is 0.462. The Morgan fingerprint density at radius 3 is 2.27 bits per heavy atom. The van der Waals surface area contributed by atoms with E-state index >= 15 is 0 Å². The van der Waals surface area contributed by atoms with Crippen LogP contribution in [0.1, 0.15) is 13.8 Å². The maximum atomic E-state index is 12.7. The van der Waals surface area contributed by atoms with E-state index < -0.39 is 54.4 Å². The maximum absolute atomic E-state index is 12.7. The average Bonchev–Trinajstić information content (AvgIpc) is 2.48. The highest BCUT2D eigenvalue weighted by Crippen LogP contribution is 2.37. The van der Waals surface area contributed by atoms with E-state index in [1.807, 2.05) is 0 Å². The molecule has 0 aliphatic carbocycles. The summed E-state index contributed by atoms with van der Waals surface area (Å²) in [6, 6.07) is 1.81. The molecular formula is C13H15Cl2F3N2O5S. The SMILES string of the molecule is CC(O)CNS(=O)(=O)c1ccc(NC(=O)C(C)(O)C(F)(F)F)c(Cl)c1Cl. The Bertz CT molecular complexity index is 798. The zero-order valence-corrected chi connectivity index (χ0v) is 15.7. The van der Waals surface area contributed by atoms with Gasteiger partial charge in [0, 0.05) is 6.54 Å². The number of hydrogen-bond donors (Lipinski definition) is 4. The molecule has 7 nitrogen and oxygen atoms in total. The van der Waals surface area contributed by atoms with Gasteiger partial charge in [-0.2, -0.15) is 13.2 Å². The first-order valence-electron chi connectivity index (χ1n) is 6.87. The Labute approximate surface area is 157 Å². The fourth-order valence-corrected chi connectivity index (χ4v) is 3.46. The van der Waals surface area contributed by atoms with Crippen molar-refractivity contribution in [1.82, 2.24) is 4.72 Å². The zero-order valence-electron chi connectivity index (χ0n) is 13.4. The van der Waals surface area contributed by atoms with E-state index in [1.165, 1.54) is 6.92 Å². The molecular weight excluding hydrogens is 424 g/mol. The Morgan fingerprint density at radius 1 is 1.27 bits per heavy atom. The molecule has 0 spiro atoms. The molecule has 0 radical (unpaired) electrons. The molecule has 1 aromatic carbocycles. The molecule has 0 aliphatic rings. The van der Waals surface area contributed by atoms with Gasteiger partial charge >= 0.3 is 6.18 Å². The number of anilines is 1. The molecule has 26 heavy (non-hydrogen) atoms. The van der Waals surface area contributed by atoms with Gasteiger partial charge in [0.05, 0.1) is 21.8 Å². The Morgan fingerprint density at radius 2 is 1.81 bits per heavy atom. The first-order valence-corrected chi connectivity index (χ1v) is 9.11. The van der Waals surface area contributed by atoms with Crippen molar-refractivity contribution < 1.29 is 36.6 Å². The van der Waals surface area contributed by atoms with Crippen molar-refractivity contribution in [2.45, 2.75) is 36.6 Å². The Balaban J connectivity index is 3.17. The number of nitrogens with one attached hydrogen (secondary N) is 2. The van der Waals surface area contributed by atoms with E-state index in [0.29, 0.717) is 0 Å². The summed E-state index contributed by atoms with van der Waals surface area (Å²) in [5.41, 5.74) is -4.13. The molecule has 4 N–H and O–H groups in total. The summed E-state index contributed by atoms with van der Waals surface area (Å²) < 4.78 is 64.2. The van der Waals surface area contributed by atoms with E-state index in [9.17, 15) is 31.5 Å². The summed E-state index contributed by atoms with van der Waals surface area (Å²) in [6.07, 6.45) is -6.23. The van der Waals surface area contributed by atoms with E-state index in [1.54, 1.807) is 5.32 Å². The Kier molecular flexibility index (Phi) is 6.94. The van der Waals surface area contributed by atoms with Crippen LogP contribution in [0, 0.1) is 0 Å². The van der Waals surface area contributed by atoms with Crippen molar-refractivity contribution in [3.8, 4) is 0 Å². The molecule has 1 aromatic rings. The highest BCUT2D eigenvalue weighted by atomic mass is 35.5. The van der Waals surface area contributed by atoms with E-state index in [2.05, 4.69) is 4.72 Å². The van der Waals surface area contributed by atoms with Gasteiger partial charge in [-0.25, -0.2) is 13.1 Å². The minimum absolute atomic E-state index is 0.247. The number of rotatable bonds is 6. The molecule has 2 unspecified atom stereocenters. The molecule has 0 heterocycles. The highest BCUT2D eigenvalue weighted by Gasteiger charge is 2.55. The lowest BCUT2D eigenvalue weighted by molar-refractivity contribution is -0.242. The van der Waals surface area contributed by atoms with E-state index in [0.717, 1.165) is 12.1 Å². The van der Waals surface area contributed by atoms with Crippen molar-refractivity contribution in [2.75, 3.05) is 11.9 Å². The number of aliphatic hydroxyl groups is 2. The molecule has 0 bridgehead atoms. The minimum atomic E-state index is -5.25. The number of amides is 1. The third kappa shape index (κ3) is 4.99. The third-order valence-electron chi connectivity index (χ3n) is 3.15. The summed E-state index contributed by atoms with van der Waals surface area (Å²) in [7, 11) is -4.17. The number of benzene rings is 1. The van der Waals surface area contributed by atoms with Gasteiger partial charge < -0.3 is 15.5 Å². The summed E-state index contributed by atoms with van der Waals surface area (Å²) in [5, 5.41) is 19.1. The molecule has 0 aliphatic heterocycles. The van der Waals surface area contributed by atoms with Crippen molar-refractivity contribution >= 4 is 44.8 Å². The monoisotopic (exact) mass is 438 g/mol. The van der Waals surface area contributed by atoms with Crippen LogP contribution in [0.15, 0.2) is 17.0 Å². The molecule has 1 amide bonds. The minimum Gasteiger partial charge on any atom is -0.392 e. The predicted molar refractivity (Wildman–Crippen MR) is 88.6 cm³/mol. The van der Waals surface area contributed by atoms with Crippen molar-refractivity contribution in [2.24, 2.45) is 0 Å². The number of carbonyl (C=O) groups excluding carboxylic acids is 1. The molecule has 148 valence electrons. The summed E-state index contributed by atoms with van der Waals surface area (Å²) in [6.45, 7) is 1.27. The van der Waals surface area contributed by atoms with E-state index in [4.69, 9.17) is 28.3 Å². The number of hydrogen-bond acceptors (Lipinski definition) is 5. The topological polar surface area (TPSA) is 116 Å². The van der Waals surface area contributed by atoms with Gasteiger partial charge in [0.15, 0.2) is 0 Å². The van der Waals surface area contributed by atoms with Crippen LogP contribution >= 0.6 is 23.2 Å². The van der Waals surface area contributed by atoms with Crippen LogP contribution in [0.4, 0.5) is 18.9 Å². The number of carbonyl (C=O) groups is 1. The van der Waals surface area contributed by atoms with Gasteiger partial charge in [0.25, 0.3) is 5.91 Å². The lowest BCUT2D eigenvalue weighted by Gasteiger charge is -2.25. The second-order valence-corrected chi connectivity index (χ2v) is 7.96. The van der Waals surface area contributed by atoms with Crippen LogP contribution in [0.3, 0.4) is 0 Å². The van der Waals surface area contributed by atoms with Gasteiger partial charge in [0.1, 0.15) is 4.90 Å². The number of sulfonamides is 1. The van der Waals surface area contributed by atoms with Gasteiger partial charge in [-0.05, 0) is 26.0 Å². The summed E-state index contributed by atoms with van der Waals surface area (Å²) in [4.78, 5) is 11.2. The summed E-state index contributed by atoms with van der Waals surface area (Å²) in [5.74, 6) is -1.83. The third-order valence-corrected chi connectivity index (χ3v) is 5.61. The Hall–Kier alpha value is -1.11. The van der Waals surface area contributed by atoms with Crippen LogP contribution in [-0.4, -0.2) is 49.0 Å². The quantitative estimate of drug-likeness (QED) is 0.541. The second kappa shape index (κ2) is 7.87. The van der Waals surface area contributed by atoms with Crippen molar-refractivity contribution in [1.29, 1.82) is 0 Å². The average molecular weight is 439 g/mol.